The van der Waals surface area contributed by atoms with Gasteiger partial charge in [-0.25, -0.2) is 4.79 Å². The Kier molecular flexibility index (Phi) is 8.70. The molecule has 180 valence electrons. The van der Waals surface area contributed by atoms with Crippen molar-refractivity contribution in [1.82, 2.24) is 9.80 Å². The smallest absolute Gasteiger partial charge is 0.475 e. The van der Waals surface area contributed by atoms with Crippen molar-refractivity contribution in [1.29, 1.82) is 0 Å². The van der Waals surface area contributed by atoms with Crippen molar-refractivity contribution in [3.05, 3.63) is 34.9 Å². The van der Waals surface area contributed by atoms with Crippen LogP contribution in [0.15, 0.2) is 18.2 Å². The number of ether oxygens (including phenoxy) is 1. The molecule has 2 saturated heterocycles. The van der Waals surface area contributed by atoms with Crippen molar-refractivity contribution in [2.24, 2.45) is 11.3 Å². The molecular weight excluding hydrogens is 425 g/mol. The molecule has 1 amide bonds. The fourth-order valence-corrected chi connectivity index (χ4v) is 4.22. The van der Waals surface area contributed by atoms with Crippen molar-refractivity contribution in [2.45, 2.75) is 46.8 Å². The van der Waals surface area contributed by atoms with Crippen LogP contribution in [0.5, 0.6) is 0 Å². The summed E-state index contributed by atoms with van der Waals surface area (Å²) in [5, 5.41) is 7.12. The molecule has 0 saturated carbocycles. The van der Waals surface area contributed by atoms with Gasteiger partial charge in [0.1, 0.15) is 0 Å². The van der Waals surface area contributed by atoms with Crippen LogP contribution in [-0.4, -0.2) is 72.4 Å². The number of likely N-dealkylation sites (tertiary alicyclic amines) is 1. The first kappa shape index (κ1) is 26.1. The van der Waals surface area contributed by atoms with Gasteiger partial charge in [0.25, 0.3) is 0 Å². The monoisotopic (exact) mass is 458 g/mol. The van der Waals surface area contributed by atoms with E-state index in [0.717, 1.165) is 39.3 Å². The van der Waals surface area contributed by atoms with E-state index in [2.05, 4.69) is 55.7 Å². The zero-order valence-corrected chi connectivity index (χ0v) is 19.2. The standard InChI is InChI=1S/C21H32N2O2.C2HF3O2/c1-16(2)11-23-14-21(10-20(23)24)13-22(7-8-25-15-21)12-19-9-17(3)5-6-18(19)4;3-2(4,5)1(6)7/h5-6,9,16H,7-8,10-15H2,1-4H3;(H,6,7). The van der Waals surface area contributed by atoms with Crippen molar-refractivity contribution in [3.8, 4) is 0 Å². The molecule has 2 heterocycles. The zero-order chi connectivity index (χ0) is 24.1. The molecule has 9 heteroatoms. The quantitative estimate of drug-likeness (QED) is 0.746. The summed E-state index contributed by atoms with van der Waals surface area (Å²) in [5.41, 5.74) is 4.00. The lowest BCUT2D eigenvalue weighted by molar-refractivity contribution is -0.192. The van der Waals surface area contributed by atoms with E-state index in [9.17, 15) is 18.0 Å². The molecule has 1 unspecified atom stereocenters. The number of nitrogens with zero attached hydrogens (tertiary/aromatic N) is 2. The SMILES string of the molecule is Cc1ccc(C)c(CN2CCOCC3(CC(=O)N(CC(C)C)C3)C2)c1.O=C(O)C(F)(F)F. The number of amides is 1. The number of rotatable bonds is 4. The molecule has 0 bridgehead atoms. The maximum absolute atomic E-state index is 12.5. The maximum atomic E-state index is 12.5. The Morgan fingerprint density at radius 2 is 1.91 bits per heavy atom. The van der Waals surface area contributed by atoms with E-state index < -0.39 is 12.1 Å². The van der Waals surface area contributed by atoms with E-state index in [4.69, 9.17) is 14.6 Å². The lowest BCUT2D eigenvalue weighted by Gasteiger charge is -2.32. The molecule has 1 spiro atoms. The largest absolute Gasteiger partial charge is 0.490 e. The molecule has 2 aliphatic heterocycles. The Balaban J connectivity index is 0.000000451. The Morgan fingerprint density at radius 3 is 2.50 bits per heavy atom. The van der Waals surface area contributed by atoms with E-state index >= 15 is 0 Å². The first-order valence-corrected chi connectivity index (χ1v) is 10.8. The minimum atomic E-state index is -5.08. The van der Waals surface area contributed by atoms with Gasteiger partial charge in [-0.1, -0.05) is 37.6 Å². The first-order valence-electron chi connectivity index (χ1n) is 10.8. The van der Waals surface area contributed by atoms with Gasteiger partial charge in [-0.15, -0.1) is 0 Å². The van der Waals surface area contributed by atoms with Crippen molar-refractivity contribution < 1.29 is 32.6 Å². The molecule has 3 rings (SSSR count). The molecule has 2 fully saturated rings. The number of benzene rings is 1. The third-order valence-electron chi connectivity index (χ3n) is 5.65. The fraction of sp³-hybridized carbons (Fsp3) is 0.652. The number of hydrogen-bond donors (Lipinski definition) is 1. The summed E-state index contributed by atoms with van der Waals surface area (Å²) in [6.07, 6.45) is -4.46. The summed E-state index contributed by atoms with van der Waals surface area (Å²) in [6, 6.07) is 6.67. The maximum Gasteiger partial charge on any atom is 0.490 e. The Bertz CT molecular complexity index is 813. The number of carboxylic acid groups (broad SMARTS) is 1. The Morgan fingerprint density at radius 1 is 1.25 bits per heavy atom. The topological polar surface area (TPSA) is 70.1 Å². The van der Waals surface area contributed by atoms with Crippen molar-refractivity contribution in [3.63, 3.8) is 0 Å². The number of carbonyl (C=O) groups is 2. The van der Waals surface area contributed by atoms with Crippen LogP contribution in [0.2, 0.25) is 0 Å². The molecule has 0 aliphatic carbocycles. The molecule has 2 aliphatic rings. The third kappa shape index (κ3) is 7.48. The second kappa shape index (κ2) is 10.7. The van der Waals surface area contributed by atoms with Gasteiger partial charge < -0.3 is 14.7 Å². The first-order chi connectivity index (χ1) is 14.8. The Hall–Kier alpha value is -2.13. The summed E-state index contributed by atoms with van der Waals surface area (Å²) < 4.78 is 37.7. The highest BCUT2D eigenvalue weighted by Gasteiger charge is 2.45. The van der Waals surface area contributed by atoms with Gasteiger partial charge in [0.15, 0.2) is 0 Å². The molecular formula is C23H33F3N2O4. The van der Waals surface area contributed by atoms with Crippen LogP contribution < -0.4 is 0 Å². The van der Waals surface area contributed by atoms with Crippen molar-refractivity contribution in [2.75, 3.05) is 39.4 Å². The minimum absolute atomic E-state index is 0.0415. The van der Waals surface area contributed by atoms with Gasteiger partial charge in [-0.2, -0.15) is 13.2 Å². The summed E-state index contributed by atoms with van der Waals surface area (Å²) >= 11 is 0. The molecule has 0 aromatic heterocycles. The van der Waals surface area contributed by atoms with Crippen LogP contribution in [-0.2, 0) is 20.9 Å². The highest BCUT2D eigenvalue weighted by molar-refractivity contribution is 5.79. The van der Waals surface area contributed by atoms with Crippen LogP contribution in [0, 0.1) is 25.2 Å². The zero-order valence-electron chi connectivity index (χ0n) is 19.2. The summed E-state index contributed by atoms with van der Waals surface area (Å²) in [6.45, 7) is 14.7. The number of halogens is 3. The number of alkyl halides is 3. The van der Waals surface area contributed by atoms with Crippen LogP contribution in [0.1, 0.15) is 37.0 Å². The Labute approximate surface area is 187 Å². The van der Waals surface area contributed by atoms with E-state index in [1.54, 1.807) is 0 Å². The average molecular weight is 459 g/mol. The van der Waals surface area contributed by atoms with Gasteiger partial charge in [-0.3, -0.25) is 9.69 Å². The van der Waals surface area contributed by atoms with Gasteiger partial charge in [0.2, 0.25) is 5.91 Å². The van der Waals surface area contributed by atoms with E-state index in [1.165, 1.54) is 16.7 Å². The van der Waals surface area contributed by atoms with Gasteiger partial charge in [0.05, 0.1) is 13.2 Å². The predicted octanol–water partition coefficient (Wildman–Crippen LogP) is 3.64. The van der Waals surface area contributed by atoms with Gasteiger partial charge in [-0.05, 0) is 30.9 Å². The van der Waals surface area contributed by atoms with Crippen LogP contribution in [0.4, 0.5) is 13.2 Å². The second-order valence-corrected chi connectivity index (χ2v) is 9.34. The number of carboxylic acids is 1. The molecule has 1 aromatic carbocycles. The number of aryl methyl sites for hydroxylation is 2. The normalized spacial score (nSPS) is 22.1. The van der Waals surface area contributed by atoms with Gasteiger partial charge in [0, 0.05) is 44.6 Å². The number of carbonyl (C=O) groups excluding carboxylic acids is 1. The lowest BCUT2D eigenvalue weighted by Crippen LogP contribution is -2.41. The van der Waals surface area contributed by atoms with Crippen LogP contribution >= 0.6 is 0 Å². The molecule has 6 nitrogen and oxygen atoms in total. The fourth-order valence-electron chi connectivity index (χ4n) is 4.22. The summed E-state index contributed by atoms with van der Waals surface area (Å²) in [7, 11) is 0. The van der Waals surface area contributed by atoms with Crippen LogP contribution in [0.3, 0.4) is 0 Å². The molecule has 1 atom stereocenters. The average Bonchev–Trinajstić information content (AvgIpc) is 2.83. The molecule has 1 N–H and O–H groups in total. The second-order valence-electron chi connectivity index (χ2n) is 9.34. The third-order valence-corrected chi connectivity index (χ3v) is 5.65. The molecule has 0 radical (unpaired) electrons. The van der Waals surface area contributed by atoms with E-state index in [-0.39, 0.29) is 5.41 Å². The van der Waals surface area contributed by atoms with Crippen molar-refractivity contribution >= 4 is 11.9 Å². The predicted molar refractivity (Wildman–Crippen MR) is 114 cm³/mol. The van der Waals surface area contributed by atoms with Gasteiger partial charge >= 0.3 is 12.1 Å². The van der Waals surface area contributed by atoms with E-state index in [0.29, 0.717) is 24.9 Å². The van der Waals surface area contributed by atoms with E-state index in [1.807, 2.05) is 0 Å². The highest BCUT2D eigenvalue weighted by atomic mass is 19.4. The lowest BCUT2D eigenvalue weighted by atomic mass is 9.87. The molecule has 32 heavy (non-hydrogen) atoms. The minimum Gasteiger partial charge on any atom is -0.475 e. The number of aliphatic carboxylic acids is 1. The highest BCUT2D eigenvalue weighted by Crippen LogP contribution is 2.35. The number of hydrogen-bond acceptors (Lipinski definition) is 4. The summed E-state index contributed by atoms with van der Waals surface area (Å²) in [4.78, 5) is 25.9. The molecule has 1 aromatic rings. The van der Waals surface area contributed by atoms with Crippen LogP contribution in [0.25, 0.3) is 0 Å². The summed E-state index contributed by atoms with van der Waals surface area (Å²) in [5.74, 6) is -1.95.